The van der Waals surface area contributed by atoms with Crippen LogP contribution in [0.2, 0.25) is 0 Å². The fourth-order valence-electron chi connectivity index (χ4n) is 0.659. The molecule has 0 aromatic carbocycles. The summed E-state index contributed by atoms with van der Waals surface area (Å²) in [5.41, 5.74) is 0.497. The van der Waals surface area contributed by atoms with Crippen LogP contribution in [0.4, 0.5) is 0 Å². The van der Waals surface area contributed by atoms with Crippen LogP contribution >= 0.6 is 0 Å². The van der Waals surface area contributed by atoms with Gasteiger partial charge in [-0.2, -0.15) is 10.4 Å². The SMILES string of the molecule is C=NN(/C=C(\C)C#N)C(C)(C)C. The number of nitrogens with zero attached hydrogens (tertiary/aromatic N) is 3. The van der Waals surface area contributed by atoms with E-state index in [1.54, 1.807) is 18.1 Å². The molecule has 0 amide bonds. The molecule has 0 saturated carbocycles. The standard InChI is InChI=1S/C9H15N3/c1-8(6-10)7-12(11-5)9(2,3)4/h7H,5H2,1-4H3/b8-7+. The van der Waals surface area contributed by atoms with E-state index in [9.17, 15) is 0 Å². The molecule has 0 aliphatic heterocycles. The van der Waals surface area contributed by atoms with Crippen molar-refractivity contribution in [1.29, 1.82) is 5.26 Å². The minimum atomic E-state index is -0.125. The van der Waals surface area contributed by atoms with Crippen molar-refractivity contribution in [3.8, 4) is 6.07 Å². The van der Waals surface area contributed by atoms with Crippen molar-refractivity contribution in [1.82, 2.24) is 5.01 Å². The molecule has 0 saturated heterocycles. The van der Waals surface area contributed by atoms with Crippen molar-refractivity contribution < 1.29 is 0 Å². The molecule has 0 spiro atoms. The highest BCUT2D eigenvalue weighted by molar-refractivity contribution is 5.24. The van der Waals surface area contributed by atoms with E-state index in [1.807, 2.05) is 26.8 Å². The summed E-state index contributed by atoms with van der Waals surface area (Å²) in [5.74, 6) is 0. The number of hydrogen-bond acceptors (Lipinski definition) is 3. The largest absolute Gasteiger partial charge is 0.267 e. The van der Waals surface area contributed by atoms with E-state index in [4.69, 9.17) is 5.26 Å². The third-order valence-electron chi connectivity index (χ3n) is 1.33. The minimum absolute atomic E-state index is 0.125. The van der Waals surface area contributed by atoms with Crippen molar-refractivity contribution >= 4 is 6.72 Å². The van der Waals surface area contributed by atoms with E-state index < -0.39 is 0 Å². The number of nitriles is 1. The number of hydrazone groups is 1. The van der Waals surface area contributed by atoms with Crippen LogP contribution in [0.15, 0.2) is 16.9 Å². The second-order valence-electron chi connectivity index (χ2n) is 3.58. The third kappa shape index (κ3) is 3.20. The van der Waals surface area contributed by atoms with Gasteiger partial charge in [0, 0.05) is 18.5 Å². The fraction of sp³-hybridized carbons (Fsp3) is 0.556. The van der Waals surface area contributed by atoms with Crippen LogP contribution in [0.3, 0.4) is 0 Å². The van der Waals surface area contributed by atoms with Gasteiger partial charge in [0.1, 0.15) is 0 Å². The third-order valence-corrected chi connectivity index (χ3v) is 1.33. The Hall–Kier alpha value is -1.30. The molecule has 0 aromatic rings. The first-order valence-electron chi connectivity index (χ1n) is 3.76. The Morgan fingerprint density at radius 3 is 2.33 bits per heavy atom. The average Bonchev–Trinajstić information content (AvgIpc) is 1.97. The second kappa shape index (κ2) is 3.91. The topological polar surface area (TPSA) is 39.4 Å². The Labute approximate surface area is 74.0 Å². The van der Waals surface area contributed by atoms with Crippen LogP contribution in [0.1, 0.15) is 27.7 Å². The molecular weight excluding hydrogens is 150 g/mol. The maximum absolute atomic E-state index is 8.54. The highest BCUT2D eigenvalue weighted by atomic mass is 15.5. The number of rotatable bonds is 2. The molecule has 66 valence electrons. The fourth-order valence-corrected chi connectivity index (χ4v) is 0.659. The zero-order valence-electron chi connectivity index (χ0n) is 8.13. The Bertz CT molecular complexity index is 227. The van der Waals surface area contributed by atoms with E-state index >= 15 is 0 Å². The second-order valence-corrected chi connectivity index (χ2v) is 3.58. The van der Waals surface area contributed by atoms with Crippen LogP contribution in [0.25, 0.3) is 0 Å². The van der Waals surface area contributed by atoms with Crippen LogP contribution < -0.4 is 0 Å². The van der Waals surface area contributed by atoms with Gasteiger partial charge in [0.2, 0.25) is 0 Å². The van der Waals surface area contributed by atoms with Gasteiger partial charge in [0.05, 0.1) is 11.6 Å². The summed E-state index contributed by atoms with van der Waals surface area (Å²) in [5, 5.41) is 14.0. The van der Waals surface area contributed by atoms with Crippen LogP contribution in [-0.2, 0) is 0 Å². The first kappa shape index (κ1) is 10.7. The molecule has 12 heavy (non-hydrogen) atoms. The predicted molar refractivity (Wildman–Crippen MR) is 50.5 cm³/mol. The molecule has 0 heterocycles. The van der Waals surface area contributed by atoms with Crippen LogP contribution in [-0.4, -0.2) is 17.3 Å². The predicted octanol–water partition coefficient (Wildman–Crippen LogP) is 2.13. The summed E-state index contributed by atoms with van der Waals surface area (Å²) in [7, 11) is 0. The summed E-state index contributed by atoms with van der Waals surface area (Å²) in [6, 6.07) is 2.03. The van der Waals surface area contributed by atoms with Crippen molar-refractivity contribution in [2.45, 2.75) is 33.2 Å². The number of allylic oxidation sites excluding steroid dienone is 1. The summed E-state index contributed by atoms with van der Waals surface area (Å²) in [6.07, 6.45) is 1.69. The normalized spacial score (nSPS) is 12.1. The van der Waals surface area contributed by atoms with Gasteiger partial charge in [0.25, 0.3) is 0 Å². The molecular formula is C9H15N3. The molecule has 0 unspecified atom stereocenters. The van der Waals surface area contributed by atoms with E-state index in [-0.39, 0.29) is 5.54 Å². The Morgan fingerprint density at radius 1 is 1.58 bits per heavy atom. The van der Waals surface area contributed by atoms with Crippen molar-refractivity contribution in [2.75, 3.05) is 0 Å². The van der Waals surface area contributed by atoms with Gasteiger partial charge < -0.3 is 0 Å². The molecule has 0 radical (unpaired) electrons. The molecule has 0 rings (SSSR count). The van der Waals surface area contributed by atoms with Gasteiger partial charge in [-0.25, -0.2) is 0 Å². The summed E-state index contributed by atoms with van der Waals surface area (Å²) < 4.78 is 0. The molecule has 3 heteroatoms. The van der Waals surface area contributed by atoms with Gasteiger partial charge in [-0.05, 0) is 27.7 Å². The maximum atomic E-state index is 8.54. The van der Waals surface area contributed by atoms with Gasteiger partial charge in [0.15, 0.2) is 0 Å². The molecule has 0 bridgehead atoms. The van der Waals surface area contributed by atoms with Gasteiger partial charge >= 0.3 is 0 Å². The molecule has 0 aliphatic rings. The molecule has 0 aromatic heterocycles. The quantitative estimate of drug-likeness (QED) is 0.357. The van der Waals surface area contributed by atoms with E-state index in [0.29, 0.717) is 5.57 Å². The number of hydrogen-bond donors (Lipinski definition) is 0. The lowest BCUT2D eigenvalue weighted by Gasteiger charge is -2.29. The maximum Gasteiger partial charge on any atom is 0.0960 e. The average molecular weight is 165 g/mol. The minimum Gasteiger partial charge on any atom is -0.267 e. The lowest BCUT2D eigenvalue weighted by Crippen LogP contribution is -2.32. The zero-order valence-corrected chi connectivity index (χ0v) is 8.13. The molecule has 0 atom stereocenters. The summed E-state index contributed by atoms with van der Waals surface area (Å²) in [4.78, 5) is 0. The summed E-state index contributed by atoms with van der Waals surface area (Å²) in [6.45, 7) is 11.2. The lowest BCUT2D eigenvalue weighted by atomic mass is 10.1. The van der Waals surface area contributed by atoms with Gasteiger partial charge in [-0.1, -0.05) is 0 Å². The van der Waals surface area contributed by atoms with Gasteiger partial charge in [-0.15, -0.1) is 0 Å². The van der Waals surface area contributed by atoms with E-state index in [0.717, 1.165) is 0 Å². The Morgan fingerprint density at radius 2 is 2.08 bits per heavy atom. The van der Waals surface area contributed by atoms with Crippen molar-refractivity contribution in [3.05, 3.63) is 11.8 Å². The van der Waals surface area contributed by atoms with Crippen molar-refractivity contribution in [3.63, 3.8) is 0 Å². The smallest absolute Gasteiger partial charge is 0.0960 e. The molecule has 0 fully saturated rings. The van der Waals surface area contributed by atoms with Gasteiger partial charge in [-0.3, -0.25) is 5.01 Å². The Balaban J connectivity index is 4.63. The molecule has 0 N–H and O–H groups in total. The highest BCUT2D eigenvalue weighted by Crippen LogP contribution is 2.14. The van der Waals surface area contributed by atoms with E-state index in [2.05, 4.69) is 11.8 Å². The molecule has 0 aliphatic carbocycles. The monoisotopic (exact) mass is 165 g/mol. The zero-order chi connectivity index (χ0) is 9.78. The van der Waals surface area contributed by atoms with Crippen molar-refractivity contribution in [2.24, 2.45) is 5.10 Å². The van der Waals surface area contributed by atoms with Crippen LogP contribution in [0, 0.1) is 11.3 Å². The first-order valence-corrected chi connectivity index (χ1v) is 3.76. The van der Waals surface area contributed by atoms with Crippen LogP contribution in [0.5, 0.6) is 0 Å². The highest BCUT2D eigenvalue weighted by Gasteiger charge is 2.16. The summed E-state index contributed by atoms with van der Waals surface area (Å²) >= 11 is 0. The molecule has 3 nitrogen and oxygen atoms in total. The first-order chi connectivity index (χ1) is 5.41. The van der Waals surface area contributed by atoms with E-state index in [1.165, 1.54) is 0 Å². The Kier molecular flexibility index (Phi) is 3.49. The lowest BCUT2D eigenvalue weighted by molar-refractivity contribution is 0.215.